The Hall–Kier alpha value is -1.23. The number of nitrogens with one attached hydrogen (secondary N) is 2. The number of thiocarbonyl (C=S) groups is 1. The minimum atomic E-state index is 0.548. The zero-order chi connectivity index (χ0) is 14.5. The van der Waals surface area contributed by atoms with E-state index in [-0.39, 0.29) is 0 Å². The van der Waals surface area contributed by atoms with Gasteiger partial charge in [-0.15, -0.1) is 11.8 Å². The van der Waals surface area contributed by atoms with Crippen LogP contribution in [0.5, 0.6) is 0 Å². The van der Waals surface area contributed by atoms with E-state index in [1.54, 1.807) is 11.8 Å². The molecule has 2 aromatic rings. The van der Waals surface area contributed by atoms with E-state index in [0.717, 1.165) is 26.9 Å². The van der Waals surface area contributed by atoms with E-state index in [2.05, 4.69) is 16.7 Å². The van der Waals surface area contributed by atoms with Gasteiger partial charge in [-0.05, 0) is 55.2 Å². The number of rotatable bonds is 3. The molecule has 0 atom stereocenters. The Morgan fingerprint density at radius 3 is 2.60 bits per heavy atom. The molecular formula is C15H15ClN2S2. The number of aryl methyl sites for hydroxylation is 1. The lowest BCUT2D eigenvalue weighted by Gasteiger charge is -2.13. The molecule has 2 N–H and O–H groups in total. The van der Waals surface area contributed by atoms with Crippen molar-refractivity contribution in [2.75, 3.05) is 16.9 Å². The van der Waals surface area contributed by atoms with Gasteiger partial charge in [0.05, 0.1) is 5.69 Å². The molecule has 0 spiro atoms. The Kier molecular flexibility index (Phi) is 5.29. The second kappa shape index (κ2) is 6.97. The van der Waals surface area contributed by atoms with Crippen LogP contribution in [0, 0.1) is 6.92 Å². The molecule has 0 aromatic heterocycles. The molecule has 104 valence electrons. The molecule has 2 rings (SSSR count). The largest absolute Gasteiger partial charge is 0.332 e. The van der Waals surface area contributed by atoms with Crippen molar-refractivity contribution in [3.05, 3.63) is 53.1 Å². The first-order valence-electron chi connectivity index (χ1n) is 6.07. The summed E-state index contributed by atoms with van der Waals surface area (Å²) in [6, 6.07) is 13.8. The molecule has 0 fully saturated rings. The molecule has 5 heteroatoms. The summed E-state index contributed by atoms with van der Waals surface area (Å²) in [6.07, 6.45) is 2.04. The van der Waals surface area contributed by atoms with Gasteiger partial charge in [0.2, 0.25) is 0 Å². The lowest BCUT2D eigenvalue weighted by Crippen LogP contribution is -2.19. The topological polar surface area (TPSA) is 24.1 Å². The summed E-state index contributed by atoms with van der Waals surface area (Å²) in [4.78, 5) is 1.15. The highest BCUT2D eigenvalue weighted by Gasteiger charge is 2.04. The highest BCUT2D eigenvalue weighted by atomic mass is 35.5. The number of benzene rings is 2. The molecule has 0 aliphatic carbocycles. The maximum Gasteiger partial charge on any atom is 0.175 e. The molecule has 2 nitrogen and oxygen atoms in total. The van der Waals surface area contributed by atoms with E-state index in [9.17, 15) is 0 Å². The second-order valence-electron chi connectivity index (χ2n) is 4.24. The zero-order valence-electron chi connectivity index (χ0n) is 11.2. The van der Waals surface area contributed by atoms with E-state index in [4.69, 9.17) is 23.8 Å². The van der Waals surface area contributed by atoms with Gasteiger partial charge in [0.1, 0.15) is 0 Å². The quantitative estimate of drug-likeness (QED) is 0.600. The Balaban J connectivity index is 2.07. The average molecular weight is 323 g/mol. The summed E-state index contributed by atoms with van der Waals surface area (Å²) in [6.45, 7) is 1.97. The van der Waals surface area contributed by atoms with Gasteiger partial charge in [0.15, 0.2) is 5.11 Å². The van der Waals surface area contributed by atoms with Crippen molar-refractivity contribution in [3.63, 3.8) is 0 Å². The third-order valence-corrected chi connectivity index (χ3v) is 4.19. The van der Waals surface area contributed by atoms with Crippen molar-refractivity contribution in [2.24, 2.45) is 0 Å². The average Bonchev–Trinajstić information content (AvgIpc) is 2.43. The van der Waals surface area contributed by atoms with Crippen LogP contribution in [0.4, 0.5) is 11.4 Å². The molecule has 0 saturated heterocycles. The molecule has 0 unspecified atom stereocenters. The Bertz CT molecular complexity index is 629. The number of hydrogen-bond donors (Lipinski definition) is 2. The predicted octanol–water partition coefficient (Wildman–Crippen LogP) is 5.18. The van der Waals surface area contributed by atoms with Gasteiger partial charge in [-0.2, -0.15) is 0 Å². The summed E-state index contributed by atoms with van der Waals surface area (Å²) in [5.41, 5.74) is 2.92. The molecule has 0 aliphatic heterocycles. The number of halogens is 1. The van der Waals surface area contributed by atoms with Crippen LogP contribution in [0.3, 0.4) is 0 Å². The number of thioether (sulfide) groups is 1. The molecule has 0 saturated carbocycles. The molecule has 0 radical (unpaired) electrons. The first-order chi connectivity index (χ1) is 9.60. The van der Waals surface area contributed by atoms with Crippen LogP contribution in [0.25, 0.3) is 0 Å². The summed E-state index contributed by atoms with van der Waals surface area (Å²) in [5.74, 6) is 0. The van der Waals surface area contributed by atoms with Gasteiger partial charge in [-0.3, -0.25) is 0 Å². The third kappa shape index (κ3) is 3.88. The Labute approximate surface area is 133 Å². The highest BCUT2D eigenvalue weighted by molar-refractivity contribution is 7.98. The van der Waals surface area contributed by atoms with Crippen LogP contribution in [-0.4, -0.2) is 11.4 Å². The number of para-hydroxylation sites is 1. The van der Waals surface area contributed by atoms with E-state index in [0.29, 0.717) is 5.11 Å². The first kappa shape index (κ1) is 15.2. The maximum absolute atomic E-state index is 6.10. The van der Waals surface area contributed by atoms with Crippen LogP contribution in [-0.2, 0) is 0 Å². The fourth-order valence-corrected chi connectivity index (χ4v) is 2.67. The van der Waals surface area contributed by atoms with Gasteiger partial charge in [0, 0.05) is 15.6 Å². The van der Waals surface area contributed by atoms with Crippen LogP contribution in [0.2, 0.25) is 5.02 Å². The first-order valence-corrected chi connectivity index (χ1v) is 8.08. The minimum Gasteiger partial charge on any atom is -0.332 e. The highest BCUT2D eigenvalue weighted by Crippen LogP contribution is 2.25. The van der Waals surface area contributed by atoms with E-state index in [1.807, 2.05) is 49.6 Å². The second-order valence-corrected chi connectivity index (χ2v) is 5.91. The zero-order valence-corrected chi connectivity index (χ0v) is 13.6. The van der Waals surface area contributed by atoms with Crippen molar-refractivity contribution < 1.29 is 0 Å². The lowest BCUT2D eigenvalue weighted by molar-refractivity contribution is 1.44. The normalized spacial score (nSPS) is 10.2. The fraction of sp³-hybridized carbons (Fsp3) is 0.133. The maximum atomic E-state index is 6.10. The summed E-state index contributed by atoms with van der Waals surface area (Å²) < 4.78 is 0. The summed E-state index contributed by atoms with van der Waals surface area (Å²) in [7, 11) is 0. The van der Waals surface area contributed by atoms with Crippen LogP contribution in [0.1, 0.15) is 5.56 Å². The standard InChI is InChI=1S/C15H15ClN2S2/c1-10-7-8-11(9-12(10)16)17-15(19)18-13-5-3-4-6-14(13)20-2/h3-9H,1-2H3,(H2,17,18,19). The Morgan fingerprint density at radius 1 is 1.15 bits per heavy atom. The summed E-state index contributed by atoms with van der Waals surface area (Å²) >= 11 is 13.1. The lowest BCUT2D eigenvalue weighted by atomic mass is 10.2. The van der Waals surface area contributed by atoms with Crippen molar-refractivity contribution in [1.82, 2.24) is 0 Å². The fourth-order valence-electron chi connectivity index (χ4n) is 1.70. The minimum absolute atomic E-state index is 0.548. The van der Waals surface area contributed by atoms with E-state index >= 15 is 0 Å². The van der Waals surface area contributed by atoms with Crippen LogP contribution in [0.15, 0.2) is 47.4 Å². The predicted molar refractivity (Wildman–Crippen MR) is 94.3 cm³/mol. The van der Waals surface area contributed by atoms with Gasteiger partial charge < -0.3 is 10.6 Å². The molecular weight excluding hydrogens is 308 g/mol. The van der Waals surface area contributed by atoms with Crippen molar-refractivity contribution in [3.8, 4) is 0 Å². The molecule has 0 amide bonds. The van der Waals surface area contributed by atoms with E-state index < -0.39 is 0 Å². The molecule has 2 aromatic carbocycles. The third-order valence-electron chi connectivity index (χ3n) is 2.78. The van der Waals surface area contributed by atoms with Gasteiger partial charge in [0.25, 0.3) is 0 Å². The van der Waals surface area contributed by atoms with Crippen molar-refractivity contribution in [1.29, 1.82) is 0 Å². The van der Waals surface area contributed by atoms with E-state index in [1.165, 1.54) is 0 Å². The SMILES string of the molecule is CSc1ccccc1NC(=S)Nc1ccc(C)c(Cl)c1. The molecule has 0 aliphatic rings. The number of anilines is 2. The van der Waals surface area contributed by atoms with Crippen LogP contribution < -0.4 is 10.6 Å². The van der Waals surface area contributed by atoms with Crippen molar-refractivity contribution in [2.45, 2.75) is 11.8 Å². The van der Waals surface area contributed by atoms with Crippen LogP contribution >= 0.6 is 35.6 Å². The van der Waals surface area contributed by atoms with Crippen molar-refractivity contribution >= 4 is 52.1 Å². The number of hydrogen-bond acceptors (Lipinski definition) is 2. The van der Waals surface area contributed by atoms with Gasteiger partial charge in [-0.25, -0.2) is 0 Å². The van der Waals surface area contributed by atoms with Gasteiger partial charge in [-0.1, -0.05) is 29.8 Å². The Morgan fingerprint density at radius 2 is 1.90 bits per heavy atom. The monoisotopic (exact) mass is 322 g/mol. The molecule has 0 heterocycles. The molecule has 20 heavy (non-hydrogen) atoms. The molecule has 0 bridgehead atoms. The smallest absolute Gasteiger partial charge is 0.175 e. The van der Waals surface area contributed by atoms with Gasteiger partial charge >= 0.3 is 0 Å². The summed E-state index contributed by atoms with van der Waals surface area (Å²) in [5, 5.41) is 7.61.